The van der Waals surface area contributed by atoms with Gasteiger partial charge in [0.25, 0.3) is 0 Å². The molecule has 11 heteroatoms. The van der Waals surface area contributed by atoms with Crippen LogP contribution < -0.4 is 0 Å². The first-order valence-corrected chi connectivity index (χ1v) is 13.9. The fraction of sp³-hybridized carbons (Fsp3) is 0.478. The number of alkyl halides is 1. The van der Waals surface area contributed by atoms with Crippen LogP contribution in [0.2, 0.25) is 0 Å². The Morgan fingerprint density at radius 2 is 1.29 bits per heavy atom. The van der Waals surface area contributed by atoms with E-state index in [1.54, 1.807) is 18.6 Å². The second kappa shape index (κ2) is 19.9. The van der Waals surface area contributed by atoms with Gasteiger partial charge in [-0.25, -0.2) is 8.42 Å². The smallest absolute Gasteiger partial charge is 0.214 e. The summed E-state index contributed by atoms with van der Waals surface area (Å²) in [6, 6.07) is 7.80. The molecule has 0 saturated heterocycles. The first-order chi connectivity index (χ1) is 14.4. The second-order valence-electron chi connectivity index (χ2n) is 6.73. The highest BCUT2D eigenvalue weighted by Crippen LogP contribution is 2.03. The van der Waals surface area contributed by atoms with E-state index in [1.165, 1.54) is 25.0 Å². The van der Waals surface area contributed by atoms with Crippen LogP contribution in [0.5, 0.6) is 0 Å². The maximum atomic E-state index is 11.6. The fourth-order valence-electron chi connectivity index (χ4n) is 1.76. The van der Waals surface area contributed by atoms with Gasteiger partial charge in [0.15, 0.2) is 0 Å². The van der Waals surface area contributed by atoms with Gasteiger partial charge >= 0.3 is 0 Å². The van der Waals surface area contributed by atoms with E-state index in [2.05, 4.69) is 18.7 Å². The van der Waals surface area contributed by atoms with Gasteiger partial charge in [0.1, 0.15) is 0 Å². The molecule has 0 aliphatic heterocycles. The molecular weight excluding hydrogens is 492 g/mol. The Morgan fingerprint density at radius 1 is 0.853 bits per heavy atom. The molecule has 0 aliphatic rings. The van der Waals surface area contributed by atoms with Gasteiger partial charge in [-0.1, -0.05) is 34.4 Å². The summed E-state index contributed by atoms with van der Waals surface area (Å²) in [4.78, 5) is 8.20. The average Bonchev–Trinajstić information content (AvgIpc) is 2.68. The van der Waals surface area contributed by atoms with Gasteiger partial charge in [0.05, 0.1) is 19.5 Å². The molecule has 192 valence electrons. The summed E-state index contributed by atoms with van der Waals surface area (Å²) in [5, 5.41) is 16.1. The van der Waals surface area contributed by atoms with Crippen molar-refractivity contribution in [2.24, 2.45) is 8.73 Å². The van der Waals surface area contributed by atoms with Gasteiger partial charge in [-0.15, -0.1) is 20.3 Å². The number of hydrogen-bond donors (Lipinski definition) is 0. The predicted molar refractivity (Wildman–Crippen MR) is 146 cm³/mol. The van der Waals surface area contributed by atoms with E-state index in [9.17, 15) is 8.42 Å². The Kier molecular flexibility index (Phi) is 22.7. The van der Waals surface area contributed by atoms with Crippen LogP contribution in [0.3, 0.4) is 0 Å². The number of rotatable bonds is 4. The lowest BCUT2D eigenvalue weighted by molar-refractivity contribution is 0.679. The molecule has 2 heterocycles. The summed E-state index contributed by atoms with van der Waals surface area (Å²) in [7, 11) is -4.51. The molecule has 0 amide bonds. The highest BCUT2D eigenvalue weighted by Gasteiger charge is 2.02. The van der Waals surface area contributed by atoms with Crippen molar-refractivity contribution in [1.29, 1.82) is 10.5 Å². The first-order valence-electron chi connectivity index (χ1n) is 8.94. The molecule has 0 saturated carbocycles. The third kappa shape index (κ3) is 21.3. The van der Waals surface area contributed by atoms with Gasteiger partial charge < -0.3 is 0 Å². The number of aryl methyl sites for hydroxylation is 3. The quantitative estimate of drug-likeness (QED) is 0.365. The SMILES string of the molecule is C.C.C.CS(C)(=O)=NC#N.Cc1ccc(CCS(C)(=O)=NC#N)cn1.Cc1ccc(CCl)cn1. The summed E-state index contributed by atoms with van der Waals surface area (Å²) in [6.45, 7) is 3.87. The zero-order valence-electron chi connectivity index (χ0n) is 18.3. The highest BCUT2D eigenvalue weighted by atomic mass is 35.5. The normalized spacial score (nSPS) is 10.7. The fourth-order valence-corrected chi connectivity index (χ4v) is 2.99. The second-order valence-corrected chi connectivity index (χ2v) is 12.0. The standard InChI is InChI=1S/C10H13N3OS.C7H8ClN.C3H6N2OS.3CH4/c1-9-3-4-10(7-12-9)5-6-15(2,14)13-8-11;1-6-2-3-7(4-8)5-9-6;1-7(2,6)5-3-4;;;/h3-4,7H,5-6H2,1-2H3;2-3,5H,4H2,1H3;1-2H3;3*1H4. The topological polar surface area (TPSA) is 132 Å². The monoisotopic (exact) mass is 530 g/mol. The Morgan fingerprint density at radius 3 is 1.59 bits per heavy atom. The maximum Gasteiger partial charge on any atom is 0.214 e. The number of nitriles is 2. The molecule has 2 aromatic heterocycles. The van der Waals surface area contributed by atoms with Crippen molar-refractivity contribution in [3.05, 3.63) is 59.2 Å². The van der Waals surface area contributed by atoms with E-state index >= 15 is 0 Å². The van der Waals surface area contributed by atoms with Crippen molar-refractivity contribution >= 4 is 31.1 Å². The number of hydrogen-bond acceptors (Lipinski definition) is 8. The summed E-state index contributed by atoms with van der Waals surface area (Å²) in [5.74, 6) is 0.943. The summed E-state index contributed by atoms with van der Waals surface area (Å²) in [6.07, 6.45) is 11.6. The minimum absolute atomic E-state index is 0. The Bertz CT molecular complexity index is 1130. The molecule has 2 aromatic rings. The predicted octanol–water partition coefficient (Wildman–Crippen LogP) is 5.74. The Hall–Kier alpha value is -2.53. The number of aromatic nitrogens is 2. The molecule has 0 spiro atoms. The molecule has 0 aliphatic carbocycles. The molecule has 0 radical (unpaired) electrons. The van der Waals surface area contributed by atoms with Crippen LogP contribution in [0.15, 0.2) is 45.4 Å². The minimum Gasteiger partial charge on any atom is -0.261 e. The van der Waals surface area contributed by atoms with Crippen LogP contribution in [0, 0.1) is 36.8 Å². The van der Waals surface area contributed by atoms with E-state index < -0.39 is 19.5 Å². The molecule has 8 nitrogen and oxygen atoms in total. The van der Waals surface area contributed by atoms with E-state index in [4.69, 9.17) is 22.1 Å². The summed E-state index contributed by atoms with van der Waals surface area (Å²) >= 11 is 5.54. The third-order valence-electron chi connectivity index (χ3n) is 3.36. The van der Waals surface area contributed by atoms with E-state index in [0.29, 0.717) is 18.1 Å². The van der Waals surface area contributed by atoms with Gasteiger partial charge in [-0.3, -0.25) is 9.97 Å². The summed E-state index contributed by atoms with van der Waals surface area (Å²) in [5.41, 5.74) is 4.08. The van der Waals surface area contributed by atoms with Gasteiger partial charge in [-0.05, 0) is 43.5 Å². The zero-order chi connectivity index (χ0) is 23.9. The molecule has 2 rings (SSSR count). The van der Waals surface area contributed by atoms with Crippen molar-refractivity contribution in [3.63, 3.8) is 0 Å². The molecule has 0 N–H and O–H groups in total. The lowest BCUT2D eigenvalue weighted by Crippen LogP contribution is -2.06. The Labute approximate surface area is 212 Å². The lowest BCUT2D eigenvalue weighted by atomic mass is 10.2. The van der Waals surface area contributed by atoms with Gasteiger partial charge in [0.2, 0.25) is 12.4 Å². The first kappa shape index (κ1) is 38.7. The Balaban J connectivity index is -0.000000206. The summed E-state index contributed by atoms with van der Waals surface area (Å²) < 4.78 is 28.5. The zero-order valence-corrected chi connectivity index (χ0v) is 20.7. The van der Waals surface area contributed by atoms with Crippen molar-refractivity contribution < 1.29 is 8.42 Å². The highest BCUT2D eigenvalue weighted by molar-refractivity contribution is 7.93. The van der Waals surface area contributed by atoms with Crippen LogP contribution in [0.1, 0.15) is 44.8 Å². The van der Waals surface area contributed by atoms with Crippen molar-refractivity contribution in [2.75, 3.05) is 24.5 Å². The van der Waals surface area contributed by atoms with Crippen molar-refractivity contribution in [2.45, 2.75) is 48.4 Å². The lowest BCUT2D eigenvalue weighted by Gasteiger charge is -2.02. The van der Waals surface area contributed by atoms with E-state index in [-0.39, 0.29) is 22.3 Å². The van der Waals surface area contributed by atoms with E-state index in [0.717, 1.165) is 22.5 Å². The molecule has 1 unspecified atom stereocenters. The number of nitrogens with zero attached hydrogens (tertiary/aromatic N) is 6. The van der Waals surface area contributed by atoms with Crippen LogP contribution in [0.25, 0.3) is 0 Å². The van der Waals surface area contributed by atoms with Crippen LogP contribution in [-0.2, 0) is 31.8 Å². The van der Waals surface area contributed by atoms with Crippen molar-refractivity contribution in [3.8, 4) is 12.4 Å². The third-order valence-corrected chi connectivity index (χ3v) is 5.62. The maximum absolute atomic E-state index is 11.6. The largest absolute Gasteiger partial charge is 0.261 e. The molecule has 34 heavy (non-hydrogen) atoms. The number of halogens is 1. The van der Waals surface area contributed by atoms with Crippen molar-refractivity contribution in [1.82, 2.24) is 9.97 Å². The van der Waals surface area contributed by atoms with Crippen LogP contribution in [-0.4, -0.2) is 42.9 Å². The molecule has 0 fully saturated rings. The van der Waals surface area contributed by atoms with Gasteiger partial charge in [0, 0.05) is 54.2 Å². The molecular formula is C23H39ClN6O2S2. The molecule has 0 bridgehead atoms. The van der Waals surface area contributed by atoms with E-state index in [1.807, 2.05) is 38.1 Å². The average molecular weight is 531 g/mol. The minimum atomic E-state index is -2.35. The molecule has 0 aromatic carbocycles. The van der Waals surface area contributed by atoms with Gasteiger partial charge in [-0.2, -0.15) is 10.5 Å². The van der Waals surface area contributed by atoms with Crippen LogP contribution >= 0.6 is 11.6 Å². The number of pyridine rings is 2. The molecule has 1 atom stereocenters. The van der Waals surface area contributed by atoms with Crippen LogP contribution in [0.4, 0.5) is 0 Å².